The lowest BCUT2D eigenvalue weighted by molar-refractivity contribution is 0.475. The number of benzene rings is 1. The van der Waals surface area contributed by atoms with Crippen molar-refractivity contribution in [3.63, 3.8) is 0 Å². The molecule has 2 nitrogen and oxygen atoms in total. The van der Waals surface area contributed by atoms with Crippen molar-refractivity contribution in [1.29, 1.82) is 0 Å². The van der Waals surface area contributed by atoms with Crippen LogP contribution in [0.15, 0.2) is 42.6 Å². The average Bonchev–Trinajstić information content (AvgIpc) is 3.14. The summed E-state index contributed by atoms with van der Waals surface area (Å²) < 4.78 is 0. The van der Waals surface area contributed by atoms with Crippen molar-refractivity contribution in [3.05, 3.63) is 48.2 Å². The van der Waals surface area contributed by atoms with Crippen molar-refractivity contribution in [1.82, 2.24) is 4.98 Å². The van der Waals surface area contributed by atoms with Crippen molar-refractivity contribution >= 4 is 0 Å². The molecule has 1 aromatic carbocycles. The van der Waals surface area contributed by atoms with Gasteiger partial charge in [0.15, 0.2) is 0 Å². The largest absolute Gasteiger partial charge is 0.508 e. The van der Waals surface area contributed by atoms with Crippen LogP contribution in [0.25, 0.3) is 11.3 Å². The van der Waals surface area contributed by atoms with E-state index in [1.165, 1.54) is 18.4 Å². The van der Waals surface area contributed by atoms with Crippen molar-refractivity contribution in [3.8, 4) is 17.0 Å². The van der Waals surface area contributed by atoms with Crippen LogP contribution in [0.2, 0.25) is 0 Å². The van der Waals surface area contributed by atoms with E-state index in [2.05, 4.69) is 17.1 Å². The van der Waals surface area contributed by atoms with E-state index in [0.717, 1.165) is 17.2 Å². The zero-order valence-corrected chi connectivity index (χ0v) is 8.93. The van der Waals surface area contributed by atoms with Gasteiger partial charge in [0.25, 0.3) is 0 Å². The molecular weight excluding hydrogens is 198 g/mol. The predicted molar refractivity (Wildman–Crippen MR) is 63.3 cm³/mol. The number of pyridine rings is 1. The molecule has 2 aromatic rings. The van der Waals surface area contributed by atoms with Crippen LogP contribution in [0.4, 0.5) is 0 Å². The summed E-state index contributed by atoms with van der Waals surface area (Å²) in [5.74, 6) is 1.04. The van der Waals surface area contributed by atoms with E-state index in [1.54, 1.807) is 12.1 Å². The van der Waals surface area contributed by atoms with Gasteiger partial charge in [0.2, 0.25) is 0 Å². The normalized spacial score (nSPS) is 15.0. The standard InChI is InChI=1S/C14H13NO/c16-13-6-3-11(4-7-13)14-8-5-12(9-15-14)10-1-2-10/h3-10,16H,1-2H2. The van der Waals surface area contributed by atoms with Crippen LogP contribution in [0.1, 0.15) is 24.3 Å². The highest BCUT2D eigenvalue weighted by Crippen LogP contribution is 2.39. The molecule has 0 bridgehead atoms. The lowest BCUT2D eigenvalue weighted by atomic mass is 10.1. The van der Waals surface area contributed by atoms with Crippen LogP contribution in [0, 0.1) is 0 Å². The third-order valence-electron chi connectivity index (χ3n) is 3.00. The van der Waals surface area contributed by atoms with Crippen LogP contribution in [0.3, 0.4) is 0 Å². The molecule has 0 radical (unpaired) electrons. The summed E-state index contributed by atoms with van der Waals surface area (Å²) in [5.41, 5.74) is 3.35. The van der Waals surface area contributed by atoms with E-state index < -0.39 is 0 Å². The highest BCUT2D eigenvalue weighted by molar-refractivity contribution is 5.60. The summed E-state index contributed by atoms with van der Waals surface area (Å²) in [6.45, 7) is 0. The highest BCUT2D eigenvalue weighted by atomic mass is 16.3. The predicted octanol–water partition coefficient (Wildman–Crippen LogP) is 3.33. The fourth-order valence-corrected chi connectivity index (χ4v) is 1.87. The molecule has 0 unspecified atom stereocenters. The minimum atomic E-state index is 0.290. The quantitative estimate of drug-likeness (QED) is 0.826. The molecule has 1 aliphatic carbocycles. The zero-order valence-electron chi connectivity index (χ0n) is 8.93. The third-order valence-corrected chi connectivity index (χ3v) is 3.00. The first-order valence-corrected chi connectivity index (χ1v) is 5.58. The Bertz CT molecular complexity index is 483. The summed E-state index contributed by atoms with van der Waals surface area (Å²) in [7, 11) is 0. The highest BCUT2D eigenvalue weighted by Gasteiger charge is 2.23. The molecule has 80 valence electrons. The maximum Gasteiger partial charge on any atom is 0.115 e. The van der Waals surface area contributed by atoms with Crippen LogP contribution in [-0.2, 0) is 0 Å². The van der Waals surface area contributed by atoms with Crippen LogP contribution < -0.4 is 0 Å². The smallest absolute Gasteiger partial charge is 0.115 e. The van der Waals surface area contributed by atoms with Gasteiger partial charge in [-0.3, -0.25) is 4.98 Å². The molecule has 1 fully saturated rings. The molecule has 1 N–H and O–H groups in total. The fraction of sp³-hybridized carbons (Fsp3) is 0.214. The molecule has 0 spiro atoms. The summed E-state index contributed by atoms with van der Waals surface area (Å²) in [6, 6.07) is 11.4. The van der Waals surface area contributed by atoms with Crippen molar-refractivity contribution < 1.29 is 5.11 Å². The maximum absolute atomic E-state index is 9.21. The Labute approximate surface area is 94.6 Å². The lowest BCUT2D eigenvalue weighted by Gasteiger charge is -2.02. The monoisotopic (exact) mass is 211 g/mol. The Hall–Kier alpha value is -1.83. The van der Waals surface area contributed by atoms with Gasteiger partial charge in [-0.15, -0.1) is 0 Å². The molecule has 1 heterocycles. The zero-order chi connectivity index (χ0) is 11.0. The van der Waals surface area contributed by atoms with E-state index in [9.17, 15) is 5.11 Å². The Balaban J connectivity index is 1.91. The number of nitrogens with zero attached hydrogens (tertiary/aromatic N) is 1. The molecule has 1 aromatic heterocycles. The number of hydrogen-bond acceptors (Lipinski definition) is 2. The summed E-state index contributed by atoms with van der Waals surface area (Å²) in [6.07, 6.45) is 4.58. The van der Waals surface area contributed by atoms with E-state index in [1.807, 2.05) is 18.3 Å². The number of aromatic nitrogens is 1. The molecule has 1 aliphatic rings. The fourth-order valence-electron chi connectivity index (χ4n) is 1.87. The Morgan fingerprint density at radius 1 is 1.00 bits per heavy atom. The van der Waals surface area contributed by atoms with E-state index in [-0.39, 0.29) is 0 Å². The number of phenolic OH excluding ortho intramolecular Hbond substituents is 1. The summed E-state index contributed by atoms with van der Waals surface area (Å²) in [5, 5.41) is 9.21. The second-order valence-corrected chi connectivity index (χ2v) is 4.30. The van der Waals surface area contributed by atoms with Crippen LogP contribution in [-0.4, -0.2) is 10.1 Å². The first-order valence-electron chi connectivity index (χ1n) is 5.58. The maximum atomic E-state index is 9.21. The molecule has 0 amide bonds. The van der Waals surface area contributed by atoms with Gasteiger partial charge in [-0.2, -0.15) is 0 Å². The molecule has 2 heteroatoms. The van der Waals surface area contributed by atoms with Gasteiger partial charge in [0.05, 0.1) is 5.69 Å². The average molecular weight is 211 g/mol. The lowest BCUT2D eigenvalue weighted by Crippen LogP contribution is -1.85. The minimum absolute atomic E-state index is 0.290. The van der Waals surface area contributed by atoms with E-state index >= 15 is 0 Å². The third kappa shape index (κ3) is 1.78. The van der Waals surface area contributed by atoms with Gasteiger partial charge in [0.1, 0.15) is 5.75 Å². The van der Waals surface area contributed by atoms with E-state index in [0.29, 0.717) is 5.75 Å². The van der Waals surface area contributed by atoms with Crippen molar-refractivity contribution in [2.75, 3.05) is 0 Å². The van der Waals surface area contributed by atoms with Crippen LogP contribution >= 0.6 is 0 Å². The van der Waals surface area contributed by atoms with Gasteiger partial charge in [-0.05, 0) is 54.7 Å². The SMILES string of the molecule is Oc1ccc(-c2ccc(C3CC3)cn2)cc1. The molecule has 1 saturated carbocycles. The molecule has 16 heavy (non-hydrogen) atoms. The topological polar surface area (TPSA) is 33.1 Å². The van der Waals surface area contributed by atoms with Crippen molar-refractivity contribution in [2.24, 2.45) is 0 Å². The molecule has 0 atom stereocenters. The number of rotatable bonds is 2. The van der Waals surface area contributed by atoms with E-state index in [4.69, 9.17) is 0 Å². The number of hydrogen-bond donors (Lipinski definition) is 1. The number of phenols is 1. The van der Waals surface area contributed by atoms with Gasteiger partial charge in [-0.1, -0.05) is 6.07 Å². The van der Waals surface area contributed by atoms with Gasteiger partial charge in [-0.25, -0.2) is 0 Å². The Morgan fingerprint density at radius 3 is 2.31 bits per heavy atom. The molecule has 0 aliphatic heterocycles. The van der Waals surface area contributed by atoms with Crippen molar-refractivity contribution in [2.45, 2.75) is 18.8 Å². The van der Waals surface area contributed by atoms with Gasteiger partial charge in [0, 0.05) is 11.8 Å². The Morgan fingerprint density at radius 2 is 1.75 bits per heavy atom. The van der Waals surface area contributed by atoms with Crippen LogP contribution in [0.5, 0.6) is 5.75 Å². The van der Waals surface area contributed by atoms with Gasteiger partial charge >= 0.3 is 0 Å². The first kappa shape index (κ1) is 9.40. The summed E-state index contributed by atoms with van der Waals surface area (Å²) >= 11 is 0. The molecule has 3 rings (SSSR count). The minimum Gasteiger partial charge on any atom is -0.508 e. The second-order valence-electron chi connectivity index (χ2n) is 4.30. The summed E-state index contributed by atoms with van der Waals surface area (Å²) in [4.78, 5) is 4.46. The molecular formula is C14H13NO. The Kier molecular flexibility index (Phi) is 2.13. The first-order chi connectivity index (χ1) is 7.83. The van der Waals surface area contributed by atoms with Gasteiger partial charge < -0.3 is 5.11 Å². The molecule has 0 saturated heterocycles. The second kappa shape index (κ2) is 3.63. The number of aromatic hydroxyl groups is 1.